The van der Waals surface area contributed by atoms with Crippen molar-refractivity contribution in [1.82, 2.24) is 4.98 Å². The number of rotatable bonds is 9. The quantitative estimate of drug-likeness (QED) is 0.676. The lowest BCUT2D eigenvalue weighted by Gasteiger charge is -2.12. The number of ether oxygens (including phenoxy) is 2. The maximum atomic E-state index is 10.7. The number of thioether (sulfide) groups is 1. The number of methoxy groups -OCH3 is 1. The predicted octanol–water partition coefficient (Wildman–Crippen LogP) is 4.19. The highest BCUT2D eigenvalue weighted by atomic mass is 32.2. The average molecular weight is 361 g/mol. The lowest BCUT2D eigenvalue weighted by atomic mass is 10.1. The van der Waals surface area contributed by atoms with E-state index >= 15 is 0 Å². The van der Waals surface area contributed by atoms with E-state index in [-0.39, 0.29) is 6.42 Å². The SMILES string of the molecule is COc1cc(CCC(=O)O)ccc1OCc1cccc(SC(C)C)n1. The molecule has 25 heavy (non-hydrogen) atoms. The van der Waals surface area contributed by atoms with Crippen molar-refractivity contribution in [1.29, 1.82) is 0 Å². The summed E-state index contributed by atoms with van der Waals surface area (Å²) < 4.78 is 11.2. The molecule has 0 bridgehead atoms. The number of carbonyl (C=O) groups is 1. The van der Waals surface area contributed by atoms with E-state index in [2.05, 4.69) is 18.8 Å². The van der Waals surface area contributed by atoms with Gasteiger partial charge in [0.2, 0.25) is 0 Å². The molecule has 0 aliphatic rings. The first kappa shape index (κ1) is 19.1. The topological polar surface area (TPSA) is 68.7 Å². The number of hydrogen-bond donors (Lipinski definition) is 1. The highest BCUT2D eigenvalue weighted by molar-refractivity contribution is 7.99. The molecule has 0 aliphatic carbocycles. The van der Waals surface area contributed by atoms with Gasteiger partial charge in [0.25, 0.3) is 0 Å². The fourth-order valence-corrected chi connectivity index (χ4v) is 3.04. The first-order valence-electron chi connectivity index (χ1n) is 8.12. The number of aliphatic carboxylic acids is 1. The van der Waals surface area contributed by atoms with Crippen LogP contribution in [0.2, 0.25) is 0 Å². The maximum Gasteiger partial charge on any atom is 0.303 e. The number of aromatic nitrogens is 1. The molecule has 1 aromatic carbocycles. The number of aryl methyl sites for hydroxylation is 1. The van der Waals surface area contributed by atoms with Gasteiger partial charge in [0.05, 0.1) is 17.8 Å². The second kappa shape index (κ2) is 9.32. The normalized spacial score (nSPS) is 10.7. The summed E-state index contributed by atoms with van der Waals surface area (Å²) in [6, 6.07) is 11.4. The van der Waals surface area contributed by atoms with Crippen molar-refractivity contribution in [3.05, 3.63) is 47.7 Å². The summed E-state index contributed by atoms with van der Waals surface area (Å²) >= 11 is 1.71. The van der Waals surface area contributed by atoms with Crippen molar-refractivity contribution in [3.63, 3.8) is 0 Å². The van der Waals surface area contributed by atoms with Crippen molar-refractivity contribution in [3.8, 4) is 11.5 Å². The molecule has 1 N–H and O–H groups in total. The van der Waals surface area contributed by atoms with Crippen molar-refractivity contribution in [2.75, 3.05) is 7.11 Å². The summed E-state index contributed by atoms with van der Waals surface area (Å²) in [5, 5.41) is 10.2. The van der Waals surface area contributed by atoms with Crippen LogP contribution in [0, 0.1) is 0 Å². The Morgan fingerprint density at radius 2 is 2.04 bits per heavy atom. The second-order valence-corrected chi connectivity index (χ2v) is 7.40. The Morgan fingerprint density at radius 3 is 2.72 bits per heavy atom. The van der Waals surface area contributed by atoms with Crippen molar-refractivity contribution in [2.45, 2.75) is 43.6 Å². The molecule has 0 saturated carbocycles. The Hall–Kier alpha value is -2.21. The maximum absolute atomic E-state index is 10.7. The van der Waals surface area contributed by atoms with Crippen molar-refractivity contribution >= 4 is 17.7 Å². The molecule has 0 radical (unpaired) electrons. The van der Waals surface area contributed by atoms with E-state index in [0.29, 0.717) is 29.8 Å². The van der Waals surface area contributed by atoms with Crippen LogP contribution in [0.15, 0.2) is 41.4 Å². The van der Waals surface area contributed by atoms with E-state index in [1.165, 1.54) is 0 Å². The van der Waals surface area contributed by atoms with Crippen LogP contribution in [-0.2, 0) is 17.8 Å². The van der Waals surface area contributed by atoms with Crippen LogP contribution in [0.1, 0.15) is 31.5 Å². The van der Waals surface area contributed by atoms with Crippen LogP contribution in [0.3, 0.4) is 0 Å². The number of pyridine rings is 1. The molecule has 5 nitrogen and oxygen atoms in total. The smallest absolute Gasteiger partial charge is 0.303 e. The fourth-order valence-electron chi connectivity index (χ4n) is 2.23. The number of carboxylic acid groups (broad SMARTS) is 1. The van der Waals surface area contributed by atoms with Crippen LogP contribution in [0.25, 0.3) is 0 Å². The van der Waals surface area contributed by atoms with Gasteiger partial charge in [-0.2, -0.15) is 0 Å². The second-order valence-electron chi connectivity index (χ2n) is 5.80. The summed E-state index contributed by atoms with van der Waals surface area (Å²) in [5.74, 6) is 0.394. The van der Waals surface area contributed by atoms with Gasteiger partial charge in [0, 0.05) is 11.7 Å². The average Bonchev–Trinajstić information content (AvgIpc) is 2.58. The van der Waals surface area contributed by atoms with Gasteiger partial charge in [-0.25, -0.2) is 4.98 Å². The molecule has 0 unspecified atom stereocenters. The van der Waals surface area contributed by atoms with Crippen molar-refractivity contribution < 1.29 is 19.4 Å². The largest absolute Gasteiger partial charge is 0.493 e. The lowest BCUT2D eigenvalue weighted by molar-refractivity contribution is -0.136. The Morgan fingerprint density at radius 1 is 1.24 bits per heavy atom. The molecule has 1 aromatic heterocycles. The minimum Gasteiger partial charge on any atom is -0.493 e. The van der Waals surface area contributed by atoms with Gasteiger partial charge in [-0.15, -0.1) is 11.8 Å². The third-order valence-corrected chi connectivity index (χ3v) is 4.31. The Kier molecular flexibility index (Phi) is 7.13. The molecule has 0 atom stereocenters. The van der Waals surface area contributed by atoms with E-state index < -0.39 is 5.97 Å². The fraction of sp³-hybridized carbons (Fsp3) is 0.368. The first-order chi connectivity index (χ1) is 12.0. The molecule has 0 saturated heterocycles. The van der Waals surface area contributed by atoms with E-state index in [0.717, 1.165) is 16.3 Å². The summed E-state index contributed by atoms with van der Waals surface area (Å²) in [5.41, 5.74) is 1.75. The number of hydrogen-bond acceptors (Lipinski definition) is 5. The summed E-state index contributed by atoms with van der Waals surface area (Å²) in [7, 11) is 1.57. The standard InChI is InChI=1S/C19H23NO4S/c1-13(2)25-18-6-4-5-15(20-18)12-24-16-9-7-14(8-10-19(21)22)11-17(16)23-3/h4-7,9,11,13H,8,10,12H2,1-3H3,(H,21,22). The van der Waals surface area contributed by atoms with Gasteiger partial charge in [-0.05, 0) is 36.2 Å². The Bertz CT molecular complexity index is 718. The van der Waals surface area contributed by atoms with Crippen LogP contribution in [-0.4, -0.2) is 28.4 Å². The molecule has 0 spiro atoms. The molecular weight excluding hydrogens is 338 g/mol. The van der Waals surface area contributed by atoms with E-state index in [4.69, 9.17) is 14.6 Å². The first-order valence-corrected chi connectivity index (χ1v) is 9.00. The zero-order chi connectivity index (χ0) is 18.2. The number of carboxylic acids is 1. The van der Waals surface area contributed by atoms with Gasteiger partial charge in [-0.3, -0.25) is 4.79 Å². The molecule has 134 valence electrons. The molecular formula is C19H23NO4S. The third-order valence-electron chi connectivity index (χ3n) is 3.37. The van der Waals surface area contributed by atoms with Crippen LogP contribution >= 0.6 is 11.8 Å². The molecule has 0 fully saturated rings. The van der Waals surface area contributed by atoms with Gasteiger partial charge in [-0.1, -0.05) is 26.0 Å². The van der Waals surface area contributed by atoms with E-state index in [9.17, 15) is 4.79 Å². The van der Waals surface area contributed by atoms with Crippen molar-refractivity contribution in [2.24, 2.45) is 0 Å². The third kappa shape index (κ3) is 6.31. The number of nitrogens with zero attached hydrogens (tertiary/aromatic N) is 1. The molecule has 0 aliphatic heterocycles. The van der Waals surface area contributed by atoms with Gasteiger partial charge in [0.15, 0.2) is 11.5 Å². The van der Waals surface area contributed by atoms with Gasteiger partial charge < -0.3 is 14.6 Å². The molecule has 2 rings (SSSR count). The molecule has 2 aromatic rings. The van der Waals surface area contributed by atoms with Gasteiger partial charge >= 0.3 is 5.97 Å². The zero-order valence-corrected chi connectivity index (χ0v) is 15.5. The predicted molar refractivity (Wildman–Crippen MR) is 98.5 cm³/mol. The van der Waals surface area contributed by atoms with Crippen LogP contribution < -0.4 is 9.47 Å². The van der Waals surface area contributed by atoms with Crippen LogP contribution in [0.4, 0.5) is 0 Å². The monoisotopic (exact) mass is 361 g/mol. The van der Waals surface area contributed by atoms with Gasteiger partial charge in [0.1, 0.15) is 6.61 Å². The van der Waals surface area contributed by atoms with E-state index in [1.54, 1.807) is 18.9 Å². The highest BCUT2D eigenvalue weighted by Crippen LogP contribution is 2.29. The Labute approximate surface area is 152 Å². The minimum absolute atomic E-state index is 0.0909. The molecule has 0 amide bonds. The zero-order valence-electron chi connectivity index (χ0n) is 14.7. The summed E-state index contributed by atoms with van der Waals surface area (Å²) in [6.45, 7) is 4.61. The summed E-state index contributed by atoms with van der Waals surface area (Å²) in [4.78, 5) is 15.3. The highest BCUT2D eigenvalue weighted by Gasteiger charge is 2.09. The van der Waals surface area contributed by atoms with E-state index in [1.807, 2.05) is 36.4 Å². The minimum atomic E-state index is -0.815. The van der Waals surface area contributed by atoms with Crippen LogP contribution in [0.5, 0.6) is 11.5 Å². The molecule has 6 heteroatoms. The lowest BCUT2D eigenvalue weighted by Crippen LogP contribution is -2.02. The Balaban J connectivity index is 2.03. The number of benzene rings is 1. The molecule has 1 heterocycles. The summed E-state index contributed by atoms with van der Waals surface area (Å²) in [6.07, 6.45) is 0.551.